The van der Waals surface area contributed by atoms with Crippen LogP contribution in [0.15, 0.2) is 65.6 Å². The Labute approximate surface area is 140 Å². The predicted octanol–water partition coefficient (Wildman–Crippen LogP) is 2.68. The highest BCUT2D eigenvalue weighted by Crippen LogP contribution is 2.16. The number of hydrogen-bond donors (Lipinski definition) is 1. The van der Waals surface area contributed by atoms with E-state index >= 15 is 0 Å². The second kappa shape index (κ2) is 9.00. The van der Waals surface area contributed by atoms with Gasteiger partial charge >= 0.3 is 5.97 Å². The molecule has 4 nitrogen and oxygen atoms in total. The van der Waals surface area contributed by atoms with Gasteiger partial charge in [-0.25, -0.2) is 4.79 Å². The number of methoxy groups -OCH3 is 1. The van der Waals surface area contributed by atoms with E-state index in [0.29, 0.717) is 6.42 Å². The minimum Gasteiger partial charge on any atom is -0.467 e. The predicted molar refractivity (Wildman–Crippen MR) is 91.3 cm³/mol. The van der Waals surface area contributed by atoms with E-state index in [1.165, 1.54) is 18.9 Å². The first-order valence-electron chi connectivity index (χ1n) is 7.28. The topological polar surface area (TPSA) is 55.4 Å². The molecule has 0 aliphatic rings. The van der Waals surface area contributed by atoms with Crippen LogP contribution in [-0.2, 0) is 20.7 Å². The average molecular weight is 329 g/mol. The van der Waals surface area contributed by atoms with Gasteiger partial charge in [-0.1, -0.05) is 48.5 Å². The van der Waals surface area contributed by atoms with Crippen molar-refractivity contribution in [3.05, 3.63) is 66.2 Å². The van der Waals surface area contributed by atoms with Crippen LogP contribution in [0.5, 0.6) is 0 Å². The molecule has 0 radical (unpaired) electrons. The molecule has 0 aliphatic heterocycles. The summed E-state index contributed by atoms with van der Waals surface area (Å²) in [5, 5.41) is 2.75. The number of nitrogens with one attached hydrogen (secondary N) is 1. The molecular weight excluding hydrogens is 310 g/mol. The fourth-order valence-corrected chi connectivity index (χ4v) is 2.82. The van der Waals surface area contributed by atoms with Gasteiger partial charge in [-0.2, -0.15) is 0 Å². The lowest BCUT2D eigenvalue weighted by Crippen LogP contribution is -2.43. The Morgan fingerprint density at radius 3 is 2.26 bits per heavy atom. The number of thioether (sulfide) groups is 1. The number of rotatable bonds is 7. The highest BCUT2D eigenvalue weighted by Gasteiger charge is 2.21. The van der Waals surface area contributed by atoms with Crippen LogP contribution >= 0.6 is 11.8 Å². The monoisotopic (exact) mass is 329 g/mol. The molecule has 0 heterocycles. The summed E-state index contributed by atoms with van der Waals surface area (Å²) in [6.07, 6.45) is 0.412. The molecule has 2 rings (SSSR count). The molecule has 1 atom stereocenters. The molecule has 2 aromatic rings. The van der Waals surface area contributed by atoms with Crippen LogP contribution in [0.4, 0.5) is 0 Å². The molecule has 2 aromatic carbocycles. The van der Waals surface area contributed by atoms with Crippen molar-refractivity contribution in [3.8, 4) is 0 Å². The third kappa shape index (κ3) is 5.79. The molecule has 120 valence electrons. The van der Waals surface area contributed by atoms with Crippen LogP contribution in [-0.4, -0.2) is 30.8 Å². The molecule has 1 amide bonds. The molecule has 23 heavy (non-hydrogen) atoms. The van der Waals surface area contributed by atoms with Gasteiger partial charge in [0.15, 0.2) is 0 Å². The molecule has 0 bridgehead atoms. The van der Waals surface area contributed by atoms with E-state index in [-0.39, 0.29) is 11.7 Å². The quantitative estimate of drug-likeness (QED) is 0.627. The summed E-state index contributed by atoms with van der Waals surface area (Å²) in [6, 6.07) is 18.5. The zero-order valence-electron chi connectivity index (χ0n) is 12.9. The Hall–Kier alpha value is -2.27. The maximum absolute atomic E-state index is 12.1. The Bertz CT molecular complexity index is 631. The van der Waals surface area contributed by atoms with E-state index in [0.717, 1.165) is 10.5 Å². The van der Waals surface area contributed by atoms with Gasteiger partial charge in [0.25, 0.3) is 0 Å². The maximum atomic E-state index is 12.1. The first-order chi connectivity index (χ1) is 11.2. The normalized spacial score (nSPS) is 11.5. The Morgan fingerprint density at radius 2 is 1.65 bits per heavy atom. The molecule has 0 fully saturated rings. The number of carbonyl (C=O) groups is 2. The van der Waals surface area contributed by atoms with Crippen molar-refractivity contribution in [2.75, 3.05) is 12.9 Å². The zero-order chi connectivity index (χ0) is 16.5. The van der Waals surface area contributed by atoms with Crippen LogP contribution in [0.2, 0.25) is 0 Å². The summed E-state index contributed by atoms with van der Waals surface area (Å²) in [5.74, 6) is -0.371. The van der Waals surface area contributed by atoms with Crippen LogP contribution in [0.25, 0.3) is 0 Å². The summed E-state index contributed by atoms with van der Waals surface area (Å²) in [6.45, 7) is 0. The van der Waals surface area contributed by atoms with E-state index in [9.17, 15) is 9.59 Å². The van der Waals surface area contributed by atoms with E-state index in [1.54, 1.807) is 0 Å². The van der Waals surface area contributed by atoms with Crippen molar-refractivity contribution in [1.29, 1.82) is 0 Å². The number of esters is 1. The first kappa shape index (κ1) is 17.1. The van der Waals surface area contributed by atoms with Gasteiger partial charge in [0, 0.05) is 11.3 Å². The number of amides is 1. The van der Waals surface area contributed by atoms with Crippen molar-refractivity contribution >= 4 is 23.6 Å². The van der Waals surface area contributed by atoms with Crippen LogP contribution in [0, 0.1) is 0 Å². The average Bonchev–Trinajstić information content (AvgIpc) is 2.60. The molecule has 1 unspecified atom stereocenters. The summed E-state index contributed by atoms with van der Waals surface area (Å²) in [4.78, 5) is 25.0. The lowest BCUT2D eigenvalue weighted by atomic mass is 10.1. The Kier molecular flexibility index (Phi) is 6.69. The number of benzene rings is 2. The van der Waals surface area contributed by atoms with Crippen molar-refractivity contribution in [2.24, 2.45) is 0 Å². The molecule has 0 aliphatic carbocycles. The third-order valence-electron chi connectivity index (χ3n) is 3.22. The number of hydrogen-bond acceptors (Lipinski definition) is 4. The third-order valence-corrected chi connectivity index (χ3v) is 4.23. The van der Waals surface area contributed by atoms with Crippen LogP contribution in [0.1, 0.15) is 5.56 Å². The molecule has 0 saturated heterocycles. The van der Waals surface area contributed by atoms with Gasteiger partial charge < -0.3 is 10.1 Å². The number of ether oxygens (including phenoxy) is 1. The fourth-order valence-electron chi connectivity index (χ4n) is 2.09. The smallest absolute Gasteiger partial charge is 0.328 e. The molecule has 0 spiro atoms. The summed E-state index contributed by atoms with van der Waals surface area (Å²) in [5.41, 5.74) is 0.971. The van der Waals surface area contributed by atoms with Gasteiger partial charge in [0.1, 0.15) is 6.04 Å². The van der Waals surface area contributed by atoms with Gasteiger partial charge in [-0.3, -0.25) is 4.79 Å². The van der Waals surface area contributed by atoms with E-state index in [1.807, 2.05) is 60.7 Å². The Morgan fingerprint density at radius 1 is 1.04 bits per heavy atom. The highest BCUT2D eigenvalue weighted by molar-refractivity contribution is 8.00. The Balaban J connectivity index is 1.91. The zero-order valence-corrected chi connectivity index (χ0v) is 13.7. The molecule has 5 heteroatoms. The lowest BCUT2D eigenvalue weighted by molar-refractivity contribution is -0.144. The van der Waals surface area contributed by atoms with Crippen molar-refractivity contribution in [1.82, 2.24) is 5.32 Å². The number of carbonyl (C=O) groups excluding carboxylic acids is 2. The standard InChI is InChI=1S/C18H19NO3S/c1-22-18(21)16(12-14-8-4-2-5-9-14)19-17(20)13-23-15-10-6-3-7-11-15/h2-11,16H,12-13H2,1H3,(H,19,20). The molecule has 1 N–H and O–H groups in total. The van der Waals surface area contributed by atoms with Crippen molar-refractivity contribution in [2.45, 2.75) is 17.4 Å². The van der Waals surface area contributed by atoms with Gasteiger partial charge in [0.2, 0.25) is 5.91 Å². The minimum atomic E-state index is -0.675. The SMILES string of the molecule is COC(=O)C(Cc1ccccc1)NC(=O)CSc1ccccc1. The maximum Gasteiger partial charge on any atom is 0.328 e. The second-order valence-electron chi connectivity index (χ2n) is 4.93. The van der Waals surface area contributed by atoms with Crippen LogP contribution < -0.4 is 5.32 Å². The van der Waals surface area contributed by atoms with Gasteiger partial charge in [0.05, 0.1) is 12.9 Å². The molecule has 0 aromatic heterocycles. The lowest BCUT2D eigenvalue weighted by Gasteiger charge is -2.16. The molecular formula is C18H19NO3S. The summed E-state index contributed by atoms with van der Waals surface area (Å²) >= 11 is 1.43. The highest BCUT2D eigenvalue weighted by atomic mass is 32.2. The fraction of sp³-hybridized carbons (Fsp3) is 0.222. The van der Waals surface area contributed by atoms with Crippen molar-refractivity contribution < 1.29 is 14.3 Å². The van der Waals surface area contributed by atoms with E-state index in [4.69, 9.17) is 4.74 Å². The van der Waals surface area contributed by atoms with Gasteiger partial charge in [-0.15, -0.1) is 11.8 Å². The second-order valence-corrected chi connectivity index (χ2v) is 5.98. The largest absolute Gasteiger partial charge is 0.467 e. The minimum absolute atomic E-state index is 0.190. The van der Waals surface area contributed by atoms with Crippen LogP contribution in [0.3, 0.4) is 0 Å². The van der Waals surface area contributed by atoms with E-state index < -0.39 is 12.0 Å². The molecule has 0 saturated carbocycles. The first-order valence-corrected chi connectivity index (χ1v) is 8.26. The summed E-state index contributed by atoms with van der Waals surface area (Å²) < 4.78 is 4.79. The van der Waals surface area contributed by atoms with Gasteiger partial charge in [-0.05, 0) is 17.7 Å². The van der Waals surface area contributed by atoms with E-state index in [2.05, 4.69) is 5.32 Å². The summed E-state index contributed by atoms with van der Waals surface area (Å²) in [7, 11) is 1.32. The van der Waals surface area contributed by atoms with Crippen molar-refractivity contribution in [3.63, 3.8) is 0 Å².